The Morgan fingerprint density at radius 3 is 2.74 bits per heavy atom. The predicted molar refractivity (Wildman–Crippen MR) is 118 cm³/mol. The van der Waals surface area contributed by atoms with Gasteiger partial charge in [-0.15, -0.1) is 0 Å². The molecule has 0 saturated carbocycles. The maximum atomic E-state index is 12.8. The van der Waals surface area contributed by atoms with E-state index in [4.69, 9.17) is 0 Å². The summed E-state index contributed by atoms with van der Waals surface area (Å²) in [6, 6.07) is 1.93. The van der Waals surface area contributed by atoms with Crippen molar-refractivity contribution >= 4 is 23.6 Å². The van der Waals surface area contributed by atoms with Crippen LogP contribution in [0.5, 0.6) is 0 Å². The third-order valence-corrected chi connectivity index (χ3v) is 5.55. The number of likely N-dealkylation sites (tertiary alicyclic amines) is 1. The summed E-state index contributed by atoms with van der Waals surface area (Å²) in [6.45, 7) is 7.15. The second kappa shape index (κ2) is 8.63. The van der Waals surface area contributed by atoms with Crippen molar-refractivity contribution in [3.8, 4) is 0 Å². The van der Waals surface area contributed by atoms with Crippen LogP contribution in [0.15, 0.2) is 30.7 Å². The first-order valence-corrected chi connectivity index (χ1v) is 10.3. The van der Waals surface area contributed by atoms with Crippen molar-refractivity contribution in [2.45, 2.75) is 33.1 Å². The molecule has 1 aliphatic heterocycles. The summed E-state index contributed by atoms with van der Waals surface area (Å²) < 4.78 is 1.83. The molecule has 3 aromatic rings. The van der Waals surface area contributed by atoms with Crippen LogP contribution in [-0.4, -0.2) is 53.6 Å². The van der Waals surface area contributed by atoms with E-state index in [0.717, 1.165) is 29.1 Å². The van der Waals surface area contributed by atoms with Crippen LogP contribution in [-0.2, 0) is 11.8 Å². The molecular weight excluding hydrogens is 392 g/mol. The van der Waals surface area contributed by atoms with Gasteiger partial charge in [0.25, 0.3) is 0 Å². The van der Waals surface area contributed by atoms with Gasteiger partial charge in [-0.1, -0.05) is 0 Å². The minimum absolute atomic E-state index is 0.00818. The Bertz CT molecular complexity index is 1120. The standard InChI is InChI=1S/C22H26N8O/c1-14-18(15(2)29(4)28-14)5-6-22(31)30-10-7-17(13-30)19-11-20(26-16(3)25-19)27-21-12-23-8-9-24-21/h5-6,8-9,11-12,17H,7,10,13H2,1-4H3,(H,24,25,26,27)/b6-5+/t17-/m1/s1. The highest BCUT2D eigenvalue weighted by atomic mass is 16.2. The number of aryl methyl sites for hydroxylation is 3. The van der Waals surface area contributed by atoms with E-state index in [1.165, 1.54) is 0 Å². The number of amides is 1. The molecule has 4 heterocycles. The van der Waals surface area contributed by atoms with Crippen LogP contribution in [0.4, 0.5) is 11.6 Å². The lowest BCUT2D eigenvalue weighted by atomic mass is 10.0. The van der Waals surface area contributed by atoms with Crippen LogP contribution in [0.25, 0.3) is 6.08 Å². The van der Waals surface area contributed by atoms with Gasteiger partial charge in [0.05, 0.1) is 17.6 Å². The lowest BCUT2D eigenvalue weighted by Crippen LogP contribution is -2.26. The fourth-order valence-electron chi connectivity index (χ4n) is 3.85. The molecule has 0 unspecified atom stereocenters. The Balaban J connectivity index is 1.44. The number of aromatic nitrogens is 6. The summed E-state index contributed by atoms with van der Waals surface area (Å²) in [5.41, 5.74) is 3.89. The van der Waals surface area contributed by atoms with E-state index >= 15 is 0 Å². The van der Waals surface area contributed by atoms with Crippen LogP contribution in [0.3, 0.4) is 0 Å². The molecule has 3 aromatic heterocycles. The smallest absolute Gasteiger partial charge is 0.246 e. The normalized spacial score (nSPS) is 16.3. The molecule has 1 fully saturated rings. The van der Waals surface area contributed by atoms with Crippen molar-refractivity contribution < 1.29 is 4.79 Å². The number of hydrogen-bond donors (Lipinski definition) is 1. The molecule has 0 bridgehead atoms. The molecule has 1 aliphatic rings. The lowest BCUT2D eigenvalue weighted by molar-refractivity contribution is -0.124. The van der Waals surface area contributed by atoms with Crippen LogP contribution < -0.4 is 5.32 Å². The molecule has 0 aliphatic carbocycles. The first kappa shape index (κ1) is 20.6. The molecule has 0 aromatic carbocycles. The van der Waals surface area contributed by atoms with Gasteiger partial charge in [0, 0.05) is 61.8 Å². The number of rotatable bonds is 5. The Morgan fingerprint density at radius 1 is 1.19 bits per heavy atom. The summed E-state index contributed by atoms with van der Waals surface area (Å²) in [6.07, 6.45) is 9.27. The Labute approximate surface area is 181 Å². The molecule has 0 radical (unpaired) electrons. The Hall–Kier alpha value is -3.62. The molecule has 1 amide bonds. The fourth-order valence-corrected chi connectivity index (χ4v) is 3.85. The number of carbonyl (C=O) groups excluding carboxylic acids is 1. The maximum Gasteiger partial charge on any atom is 0.246 e. The van der Waals surface area contributed by atoms with E-state index in [1.807, 2.05) is 49.5 Å². The molecule has 0 spiro atoms. The lowest BCUT2D eigenvalue weighted by Gasteiger charge is -2.15. The topological polar surface area (TPSA) is 102 Å². The second-order valence-corrected chi connectivity index (χ2v) is 7.75. The zero-order valence-electron chi connectivity index (χ0n) is 18.2. The van der Waals surface area contributed by atoms with Gasteiger partial charge >= 0.3 is 0 Å². The fraction of sp³-hybridized carbons (Fsp3) is 0.364. The molecule has 9 heteroatoms. The largest absolute Gasteiger partial charge is 0.338 e. The maximum absolute atomic E-state index is 12.8. The van der Waals surface area contributed by atoms with Crippen molar-refractivity contribution in [2.75, 3.05) is 18.4 Å². The van der Waals surface area contributed by atoms with Crippen LogP contribution >= 0.6 is 0 Å². The summed E-state index contributed by atoms with van der Waals surface area (Å²) in [5.74, 6) is 2.16. The minimum Gasteiger partial charge on any atom is -0.338 e. The number of nitrogens with zero attached hydrogens (tertiary/aromatic N) is 7. The van der Waals surface area contributed by atoms with Gasteiger partial charge in [0.15, 0.2) is 0 Å². The van der Waals surface area contributed by atoms with Gasteiger partial charge in [-0.2, -0.15) is 5.10 Å². The summed E-state index contributed by atoms with van der Waals surface area (Å²) in [7, 11) is 1.91. The van der Waals surface area contributed by atoms with E-state index in [0.29, 0.717) is 30.5 Å². The van der Waals surface area contributed by atoms with Gasteiger partial charge in [-0.05, 0) is 33.3 Å². The molecular formula is C22H26N8O. The van der Waals surface area contributed by atoms with Crippen molar-refractivity contribution in [3.63, 3.8) is 0 Å². The monoisotopic (exact) mass is 418 g/mol. The Morgan fingerprint density at radius 2 is 2.03 bits per heavy atom. The van der Waals surface area contributed by atoms with Crippen molar-refractivity contribution in [1.82, 2.24) is 34.6 Å². The van der Waals surface area contributed by atoms with Crippen molar-refractivity contribution in [3.05, 3.63) is 59.2 Å². The number of anilines is 2. The quantitative estimate of drug-likeness (QED) is 0.636. The molecule has 9 nitrogen and oxygen atoms in total. The van der Waals surface area contributed by atoms with Crippen LogP contribution in [0.1, 0.15) is 40.8 Å². The number of carbonyl (C=O) groups is 1. The molecule has 4 rings (SSSR count). The van der Waals surface area contributed by atoms with Crippen LogP contribution in [0, 0.1) is 20.8 Å². The van der Waals surface area contributed by atoms with Crippen LogP contribution in [0.2, 0.25) is 0 Å². The van der Waals surface area contributed by atoms with E-state index < -0.39 is 0 Å². The molecule has 160 valence electrons. The zero-order valence-corrected chi connectivity index (χ0v) is 18.2. The number of nitrogens with one attached hydrogen (secondary N) is 1. The van der Waals surface area contributed by atoms with E-state index in [-0.39, 0.29) is 11.8 Å². The highest BCUT2D eigenvalue weighted by Crippen LogP contribution is 2.28. The highest BCUT2D eigenvalue weighted by molar-refractivity contribution is 5.92. The van der Waals surface area contributed by atoms with Gasteiger partial charge in [-0.3, -0.25) is 14.5 Å². The molecule has 31 heavy (non-hydrogen) atoms. The summed E-state index contributed by atoms with van der Waals surface area (Å²) in [4.78, 5) is 32.0. The van der Waals surface area contributed by atoms with Gasteiger partial charge in [-0.25, -0.2) is 15.0 Å². The zero-order chi connectivity index (χ0) is 22.0. The van der Waals surface area contributed by atoms with Gasteiger partial charge in [0.2, 0.25) is 5.91 Å². The Kier molecular flexibility index (Phi) is 5.75. The van der Waals surface area contributed by atoms with E-state index in [2.05, 4.69) is 30.4 Å². The predicted octanol–water partition coefficient (Wildman–Crippen LogP) is 2.70. The summed E-state index contributed by atoms with van der Waals surface area (Å²) in [5, 5.41) is 7.57. The first-order chi connectivity index (χ1) is 14.9. The molecule has 1 atom stereocenters. The third kappa shape index (κ3) is 4.60. The van der Waals surface area contributed by atoms with E-state index in [9.17, 15) is 4.79 Å². The average Bonchev–Trinajstić information content (AvgIpc) is 3.32. The number of hydrogen-bond acceptors (Lipinski definition) is 7. The molecule has 1 N–H and O–H groups in total. The second-order valence-electron chi connectivity index (χ2n) is 7.75. The molecule has 1 saturated heterocycles. The SMILES string of the molecule is Cc1nc(Nc2cnccn2)cc([C@@H]2CCN(C(=O)/C=C/c3c(C)nn(C)c3C)C2)n1. The van der Waals surface area contributed by atoms with Crippen molar-refractivity contribution in [1.29, 1.82) is 0 Å². The van der Waals surface area contributed by atoms with E-state index in [1.54, 1.807) is 24.7 Å². The average molecular weight is 419 g/mol. The van der Waals surface area contributed by atoms with Gasteiger partial charge in [0.1, 0.15) is 17.5 Å². The minimum atomic E-state index is 0.00818. The van der Waals surface area contributed by atoms with Gasteiger partial charge < -0.3 is 10.2 Å². The third-order valence-electron chi connectivity index (χ3n) is 5.55. The first-order valence-electron chi connectivity index (χ1n) is 10.3. The summed E-state index contributed by atoms with van der Waals surface area (Å²) >= 11 is 0. The van der Waals surface area contributed by atoms with Crippen molar-refractivity contribution in [2.24, 2.45) is 7.05 Å². The highest BCUT2D eigenvalue weighted by Gasteiger charge is 2.28.